The van der Waals surface area contributed by atoms with Gasteiger partial charge in [0.1, 0.15) is 5.82 Å². The molecule has 1 aromatic rings. The average Bonchev–Trinajstić information content (AvgIpc) is 2.70. The molecule has 1 aromatic heterocycles. The van der Waals surface area contributed by atoms with E-state index in [0.717, 1.165) is 18.1 Å². The Kier molecular flexibility index (Phi) is 6.36. The summed E-state index contributed by atoms with van der Waals surface area (Å²) in [5, 5.41) is 14.0. The van der Waals surface area contributed by atoms with Crippen LogP contribution in [0.15, 0.2) is 5.16 Å². The molecule has 2 unspecified atom stereocenters. The van der Waals surface area contributed by atoms with Crippen LogP contribution in [0.4, 0.5) is 0 Å². The second-order valence-electron chi connectivity index (χ2n) is 5.61. The van der Waals surface area contributed by atoms with Crippen molar-refractivity contribution < 1.29 is 0 Å². The Balaban J connectivity index is 2.09. The molecule has 2 atom stereocenters. The van der Waals surface area contributed by atoms with Crippen LogP contribution in [0.1, 0.15) is 58.2 Å². The molecule has 1 aliphatic heterocycles. The van der Waals surface area contributed by atoms with Gasteiger partial charge >= 0.3 is 0 Å². The fraction of sp³-hybridized carbons (Fsp3) is 0.867. The molecule has 20 heavy (non-hydrogen) atoms. The number of thioether (sulfide) groups is 1. The highest BCUT2D eigenvalue weighted by atomic mass is 32.2. The normalized spacial score (nSPS) is 18.4. The third kappa shape index (κ3) is 3.76. The minimum Gasteiger partial charge on any atom is -0.316 e. The lowest BCUT2D eigenvalue weighted by atomic mass is 10.1. The van der Waals surface area contributed by atoms with Gasteiger partial charge in [-0.15, -0.1) is 10.2 Å². The molecular weight excluding hydrogens is 268 g/mol. The van der Waals surface area contributed by atoms with Gasteiger partial charge in [-0.25, -0.2) is 0 Å². The average molecular weight is 296 g/mol. The summed E-state index contributed by atoms with van der Waals surface area (Å²) in [7, 11) is 2.08. The van der Waals surface area contributed by atoms with Gasteiger partial charge in [0.05, 0.1) is 0 Å². The molecular formula is C15H28N4S. The molecule has 5 heteroatoms. The zero-order chi connectivity index (χ0) is 14.4. The highest BCUT2D eigenvalue weighted by Crippen LogP contribution is 2.29. The third-order valence-corrected chi connectivity index (χ3v) is 5.63. The Labute approximate surface area is 127 Å². The summed E-state index contributed by atoms with van der Waals surface area (Å²) in [5.74, 6) is 1.19. The van der Waals surface area contributed by atoms with Gasteiger partial charge in [-0.05, 0) is 32.7 Å². The summed E-state index contributed by atoms with van der Waals surface area (Å²) in [6, 6.07) is 0.564. The van der Waals surface area contributed by atoms with Crippen LogP contribution in [0.25, 0.3) is 0 Å². The first-order valence-corrected chi connectivity index (χ1v) is 8.94. The molecule has 114 valence electrons. The van der Waals surface area contributed by atoms with Crippen molar-refractivity contribution in [3.05, 3.63) is 5.82 Å². The van der Waals surface area contributed by atoms with Gasteiger partial charge in [0, 0.05) is 24.3 Å². The summed E-state index contributed by atoms with van der Waals surface area (Å²) in [6.07, 6.45) is 8.55. The number of hydrogen-bond donors (Lipinski definition) is 1. The van der Waals surface area contributed by atoms with E-state index in [2.05, 4.69) is 41.0 Å². The number of aromatic nitrogens is 3. The molecule has 1 N–H and O–H groups in total. The van der Waals surface area contributed by atoms with Crippen molar-refractivity contribution in [1.29, 1.82) is 0 Å². The first kappa shape index (κ1) is 15.8. The monoisotopic (exact) mass is 296 g/mol. The summed E-state index contributed by atoms with van der Waals surface area (Å²) in [5.41, 5.74) is 0. The smallest absolute Gasteiger partial charge is 0.191 e. The van der Waals surface area contributed by atoms with Crippen LogP contribution in [0.3, 0.4) is 0 Å². The van der Waals surface area contributed by atoms with E-state index in [1.165, 1.54) is 44.3 Å². The van der Waals surface area contributed by atoms with Crippen molar-refractivity contribution in [2.24, 2.45) is 0 Å². The number of fused-ring (bicyclic) bond motifs is 1. The highest BCUT2D eigenvalue weighted by molar-refractivity contribution is 7.99. The summed E-state index contributed by atoms with van der Waals surface area (Å²) in [6.45, 7) is 5.63. The lowest BCUT2D eigenvalue weighted by Crippen LogP contribution is -2.35. The van der Waals surface area contributed by atoms with E-state index >= 15 is 0 Å². The molecule has 0 fully saturated rings. The molecule has 0 saturated carbocycles. The maximum Gasteiger partial charge on any atom is 0.191 e. The molecule has 0 aromatic carbocycles. The molecule has 0 spiro atoms. The largest absolute Gasteiger partial charge is 0.316 e. The standard InChI is InChI=1S/C15H28N4S/c1-4-9-12(16-3)13(5-2)20-15-18-17-14-10-7-6-8-11-19(14)15/h12-13,16H,4-11H2,1-3H3. The lowest BCUT2D eigenvalue weighted by Gasteiger charge is -2.24. The maximum atomic E-state index is 4.45. The van der Waals surface area contributed by atoms with E-state index in [1.807, 2.05) is 11.8 Å². The second kappa shape index (κ2) is 8.03. The van der Waals surface area contributed by atoms with E-state index < -0.39 is 0 Å². The SMILES string of the molecule is CCCC(NC)C(CC)Sc1nnc2n1CCCCC2. The van der Waals surface area contributed by atoms with Gasteiger partial charge in [0.2, 0.25) is 0 Å². The van der Waals surface area contributed by atoms with Crippen LogP contribution < -0.4 is 5.32 Å². The first-order valence-electron chi connectivity index (χ1n) is 8.06. The van der Waals surface area contributed by atoms with Crippen molar-refractivity contribution in [2.45, 2.75) is 81.8 Å². The van der Waals surface area contributed by atoms with Crippen molar-refractivity contribution >= 4 is 11.8 Å². The van der Waals surface area contributed by atoms with Crippen LogP contribution in [-0.4, -0.2) is 33.1 Å². The van der Waals surface area contributed by atoms with Gasteiger partial charge < -0.3 is 9.88 Å². The predicted molar refractivity (Wildman–Crippen MR) is 85.3 cm³/mol. The predicted octanol–water partition coefficient (Wildman–Crippen LogP) is 3.26. The molecule has 1 aliphatic rings. The molecule has 2 heterocycles. The number of aryl methyl sites for hydroxylation is 1. The number of rotatable bonds is 7. The molecule has 4 nitrogen and oxygen atoms in total. The fourth-order valence-electron chi connectivity index (χ4n) is 2.96. The Morgan fingerprint density at radius 1 is 1.25 bits per heavy atom. The number of hydrogen-bond acceptors (Lipinski definition) is 4. The zero-order valence-electron chi connectivity index (χ0n) is 13.1. The molecule has 0 amide bonds. The summed E-state index contributed by atoms with van der Waals surface area (Å²) in [4.78, 5) is 0. The van der Waals surface area contributed by atoms with Gasteiger partial charge in [0.25, 0.3) is 0 Å². The Morgan fingerprint density at radius 3 is 2.80 bits per heavy atom. The highest BCUT2D eigenvalue weighted by Gasteiger charge is 2.23. The lowest BCUT2D eigenvalue weighted by molar-refractivity contribution is 0.488. The van der Waals surface area contributed by atoms with Gasteiger partial charge in [-0.3, -0.25) is 0 Å². The van der Waals surface area contributed by atoms with Crippen molar-refractivity contribution in [2.75, 3.05) is 7.05 Å². The summed E-state index contributed by atoms with van der Waals surface area (Å²) >= 11 is 1.92. The van der Waals surface area contributed by atoms with Crippen molar-refractivity contribution in [3.63, 3.8) is 0 Å². The molecule has 0 bridgehead atoms. The molecule has 0 saturated heterocycles. The molecule has 0 radical (unpaired) electrons. The van der Waals surface area contributed by atoms with Gasteiger partial charge in [0.15, 0.2) is 5.16 Å². The van der Waals surface area contributed by atoms with Crippen LogP contribution in [0, 0.1) is 0 Å². The maximum absolute atomic E-state index is 4.45. The van der Waals surface area contributed by atoms with Crippen LogP contribution in [-0.2, 0) is 13.0 Å². The topological polar surface area (TPSA) is 42.7 Å². The van der Waals surface area contributed by atoms with Crippen molar-refractivity contribution in [3.8, 4) is 0 Å². The van der Waals surface area contributed by atoms with E-state index in [0.29, 0.717) is 11.3 Å². The minimum absolute atomic E-state index is 0.564. The minimum atomic E-state index is 0.564. The first-order chi connectivity index (χ1) is 9.80. The molecule has 2 rings (SSSR count). The van der Waals surface area contributed by atoms with Gasteiger partial charge in [-0.1, -0.05) is 38.5 Å². The Morgan fingerprint density at radius 2 is 2.10 bits per heavy atom. The van der Waals surface area contributed by atoms with E-state index in [1.54, 1.807) is 0 Å². The van der Waals surface area contributed by atoms with Crippen LogP contribution >= 0.6 is 11.8 Å². The quantitative estimate of drug-likeness (QED) is 0.784. The number of nitrogens with zero attached hydrogens (tertiary/aromatic N) is 3. The van der Waals surface area contributed by atoms with Gasteiger partial charge in [-0.2, -0.15) is 0 Å². The fourth-order valence-corrected chi connectivity index (χ4v) is 4.24. The van der Waals surface area contributed by atoms with Crippen molar-refractivity contribution in [1.82, 2.24) is 20.1 Å². The Bertz CT molecular complexity index is 405. The van der Waals surface area contributed by atoms with E-state index in [-0.39, 0.29) is 0 Å². The second-order valence-corrected chi connectivity index (χ2v) is 6.82. The van der Waals surface area contributed by atoms with E-state index in [4.69, 9.17) is 0 Å². The van der Waals surface area contributed by atoms with Crippen LogP contribution in [0.5, 0.6) is 0 Å². The Hall–Kier alpha value is -0.550. The zero-order valence-corrected chi connectivity index (χ0v) is 13.9. The van der Waals surface area contributed by atoms with Crippen LogP contribution in [0.2, 0.25) is 0 Å². The van der Waals surface area contributed by atoms with E-state index in [9.17, 15) is 0 Å². The summed E-state index contributed by atoms with van der Waals surface area (Å²) < 4.78 is 2.36. The third-order valence-electron chi connectivity index (χ3n) is 4.15. The number of nitrogens with one attached hydrogen (secondary N) is 1. The molecule has 0 aliphatic carbocycles.